The SMILES string of the molecule is N[C@H](CF)c1cc(F)cc(F)c1F. The Balaban J connectivity index is 3.20. The first-order valence-electron chi connectivity index (χ1n) is 3.52. The van der Waals surface area contributed by atoms with E-state index in [4.69, 9.17) is 5.73 Å². The molecule has 0 bridgehead atoms. The van der Waals surface area contributed by atoms with Gasteiger partial charge in [-0.1, -0.05) is 0 Å². The zero-order chi connectivity index (χ0) is 10.0. The summed E-state index contributed by atoms with van der Waals surface area (Å²) in [4.78, 5) is 0. The molecule has 0 aromatic heterocycles. The number of hydrogen-bond donors (Lipinski definition) is 1. The minimum atomic E-state index is -1.36. The minimum Gasteiger partial charge on any atom is -0.322 e. The Labute approximate surface area is 72.2 Å². The molecule has 0 unspecified atom stereocenters. The average Bonchev–Trinajstić information content (AvgIpc) is 2.10. The van der Waals surface area contributed by atoms with E-state index in [0.717, 1.165) is 0 Å². The van der Waals surface area contributed by atoms with Gasteiger partial charge in [0.05, 0.1) is 6.04 Å². The monoisotopic (exact) mass is 193 g/mol. The summed E-state index contributed by atoms with van der Waals surface area (Å²) < 4.78 is 49.9. The summed E-state index contributed by atoms with van der Waals surface area (Å²) in [6, 6.07) is -0.267. The van der Waals surface area contributed by atoms with Crippen LogP contribution < -0.4 is 5.73 Å². The number of nitrogens with two attached hydrogens (primary N) is 1. The molecular formula is C8H7F4N. The first-order valence-corrected chi connectivity index (χ1v) is 3.52. The molecule has 0 heterocycles. The van der Waals surface area contributed by atoms with Crippen molar-refractivity contribution in [3.63, 3.8) is 0 Å². The Hall–Kier alpha value is -1.10. The molecule has 0 amide bonds. The lowest BCUT2D eigenvalue weighted by molar-refractivity contribution is 0.413. The van der Waals surface area contributed by atoms with Crippen molar-refractivity contribution in [2.24, 2.45) is 5.73 Å². The smallest absolute Gasteiger partial charge is 0.163 e. The third-order valence-corrected chi connectivity index (χ3v) is 1.59. The summed E-state index contributed by atoms with van der Waals surface area (Å²) in [7, 11) is 0. The van der Waals surface area contributed by atoms with Crippen LogP contribution in [0.1, 0.15) is 11.6 Å². The Kier molecular flexibility index (Phi) is 2.87. The van der Waals surface area contributed by atoms with E-state index in [2.05, 4.69) is 0 Å². The highest BCUT2D eigenvalue weighted by Crippen LogP contribution is 2.19. The highest BCUT2D eigenvalue weighted by Gasteiger charge is 2.16. The Morgan fingerprint density at radius 2 is 1.85 bits per heavy atom. The van der Waals surface area contributed by atoms with Crippen molar-refractivity contribution in [1.82, 2.24) is 0 Å². The topological polar surface area (TPSA) is 26.0 Å². The molecule has 1 aromatic rings. The first kappa shape index (κ1) is 9.98. The molecule has 0 spiro atoms. The second-order valence-corrected chi connectivity index (χ2v) is 2.55. The van der Waals surface area contributed by atoms with Gasteiger partial charge in [0, 0.05) is 11.6 Å². The van der Waals surface area contributed by atoms with Gasteiger partial charge in [0.2, 0.25) is 0 Å². The average molecular weight is 193 g/mol. The molecule has 2 N–H and O–H groups in total. The van der Waals surface area contributed by atoms with Crippen molar-refractivity contribution in [1.29, 1.82) is 0 Å². The normalized spacial score (nSPS) is 13.0. The van der Waals surface area contributed by atoms with Gasteiger partial charge in [-0.15, -0.1) is 0 Å². The van der Waals surface area contributed by atoms with E-state index in [-0.39, 0.29) is 0 Å². The van der Waals surface area contributed by atoms with Crippen LogP contribution in [0.5, 0.6) is 0 Å². The van der Waals surface area contributed by atoms with Crippen LogP contribution in [0.3, 0.4) is 0 Å². The molecule has 1 aromatic carbocycles. The van der Waals surface area contributed by atoms with E-state index in [0.29, 0.717) is 12.1 Å². The quantitative estimate of drug-likeness (QED) is 0.564. The summed E-state index contributed by atoms with van der Waals surface area (Å²) in [6.07, 6.45) is 0. The highest BCUT2D eigenvalue weighted by molar-refractivity contribution is 5.23. The zero-order valence-corrected chi connectivity index (χ0v) is 6.53. The standard InChI is InChI=1S/C8H7F4N/c9-3-7(13)5-1-4(10)2-6(11)8(5)12/h1-2,7H,3,13H2/t7-/m1/s1. The van der Waals surface area contributed by atoms with Gasteiger partial charge in [0.1, 0.15) is 12.5 Å². The molecule has 0 fully saturated rings. The number of benzene rings is 1. The number of rotatable bonds is 2. The summed E-state index contributed by atoms with van der Waals surface area (Å²) in [5, 5.41) is 0. The molecule has 13 heavy (non-hydrogen) atoms. The molecule has 0 saturated heterocycles. The van der Waals surface area contributed by atoms with E-state index in [9.17, 15) is 17.6 Å². The maximum Gasteiger partial charge on any atom is 0.163 e. The van der Waals surface area contributed by atoms with Crippen LogP contribution in [0.2, 0.25) is 0 Å². The van der Waals surface area contributed by atoms with Crippen molar-refractivity contribution in [2.45, 2.75) is 6.04 Å². The van der Waals surface area contributed by atoms with Crippen LogP contribution in [-0.4, -0.2) is 6.67 Å². The van der Waals surface area contributed by atoms with Crippen molar-refractivity contribution < 1.29 is 17.6 Å². The molecule has 0 aliphatic rings. The van der Waals surface area contributed by atoms with E-state index in [1.807, 2.05) is 0 Å². The largest absolute Gasteiger partial charge is 0.322 e. The van der Waals surface area contributed by atoms with Crippen molar-refractivity contribution in [3.8, 4) is 0 Å². The number of halogens is 4. The van der Waals surface area contributed by atoms with Gasteiger partial charge in [0.15, 0.2) is 11.6 Å². The first-order chi connectivity index (χ1) is 6.06. The summed E-state index contributed by atoms with van der Waals surface area (Å²) >= 11 is 0. The second kappa shape index (κ2) is 3.74. The molecule has 5 heteroatoms. The van der Waals surface area contributed by atoms with Crippen LogP contribution in [0.4, 0.5) is 17.6 Å². The number of hydrogen-bond acceptors (Lipinski definition) is 1. The van der Waals surface area contributed by atoms with Crippen LogP contribution in [0.25, 0.3) is 0 Å². The molecule has 72 valence electrons. The van der Waals surface area contributed by atoms with E-state index >= 15 is 0 Å². The van der Waals surface area contributed by atoms with Crippen LogP contribution in [0, 0.1) is 17.5 Å². The highest BCUT2D eigenvalue weighted by atomic mass is 19.2. The molecule has 0 aliphatic carbocycles. The van der Waals surface area contributed by atoms with Crippen LogP contribution >= 0.6 is 0 Å². The lowest BCUT2D eigenvalue weighted by Crippen LogP contribution is -2.15. The third kappa shape index (κ3) is 1.98. The maximum atomic E-state index is 12.8. The van der Waals surface area contributed by atoms with Crippen molar-refractivity contribution >= 4 is 0 Å². The second-order valence-electron chi connectivity index (χ2n) is 2.55. The van der Waals surface area contributed by atoms with Crippen LogP contribution in [0.15, 0.2) is 12.1 Å². The molecule has 1 rings (SSSR count). The lowest BCUT2D eigenvalue weighted by atomic mass is 10.1. The minimum absolute atomic E-state index is 0.379. The van der Waals surface area contributed by atoms with Gasteiger partial charge in [0.25, 0.3) is 0 Å². The van der Waals surface area contributed by atoms with E-state index in [1.54, 1.807) is 0 Å². The Bertz CT molecular complexity index is 313. The molecule has 1 nitrogen and oxygen atoms in total. The fourth-order valence-corrected chi connectivity index (χ4v) is 0.929. The van der Waals surface area contributed by atoms with Crippen molar-refractivity contribution in [2.75, 3.05) is 6.67 Å². The van der Waals surface area contributed by atoms with Crippen molar-refractivity contribution in [3.05, 3.63) is 35.1 Å². The molecule has 0 radical (unpaired) electrons. The van der Waals surface area contributed by atoms with Gasteiger partial charge in [-0.05, 0) is 6.07 Å². The van der Waals surface area contributed by atoms with Crippen LogP contribution in [-0.2, 0) is 0 Å². The molecule has 1 atom stereocenters. The van der Waals surface area contributed by atoms with Gasteiger partial charge in [-0.3, -0.25) is 0 Å². The summed E-state index contributed by atoms with van der Waals surface area (Å²) in [6.45, 7) is -1.07. The summed E-state index contributed by atoms with van der Waals surface area (Å²) in [5.74, 6) is -3.64. The van der Waals surface area contributed by atoms with E-state index in [1.165, 1.54) is 0 Å². The van der Waals surface area contributed by atoms with E-state index < -0.39 is 35.7 Å². The van der Waals surface area contributed by atoms with Gasteiger partial charge >= 0.3 is 0 Å². The fraction of sp³-hybridized carbons (Fsp3) is 0.250. The van der Waals surface area contributed by atoms with Gasteiger partial charge < -0.3 is 5.73 Å². The molecule has 0 saturated carbocycles. The lowest BCUT2D eigenvalue weighted by Gasteiger charge is -2.08. The predicted octanol–water partition coefficient (Wildman–Crippen LogP) is 2.07. The summed E-state index contributed by atoms with van der Waals surface area (Å²) in [5.41, 5.74) is 4.60. The zero-order valence-electron chi connectivity index (χ0n) is 6.53. The number of alkyl halides is 1. The van der Waals surface area contributed by atoms with Gasteiger partial charge in [-0.2, -0.15) is 0 Å². The molecule has 0 aliphatic heterocycles. The fourth-order valence-electron chi connectivity index (χ4n) is 0.929. The maximum absolute atomic E-state index is 12.8. The predicted molar refractivity (Wildman–Crippen MR) is 39.2 cm³/mol. The molecular weight excluding hydrogens is 186 g/mol. The van der Waals surface area contributed by atoms with Gasteiger partial charge in [-0.25, -0.2) is 17.6 Å². The third-order valence-electron chi connectivity index (χ3n) is 1.59. The Morgan fingerprint density at radius 1 is 1.23 bits per heavy atom. The Morgan fingerprint density at radius 3 is 2.38 bits per heavy atom.